The number of hydrogen-bond acceptors (Lipinski definition) is 2. The van der Waals surface area contributed by atoms with Gasteiger partial charge in [-0.15, -0.1) is 0 Å². The Morgan fingerprint density at radius 1 is 1.10 bits per heavy atom. The summed E-state index contributed by atoms with van der Waals surface area (Å²) in [7, 11) is 0. The van der Waals surface area contributed by atoms with Crippen molar-refractivity contribution >= 4 is 0 Å². The van der Waals surface area contributed by atoms with Gasteiger partial charge in [-0.1, -0.05) is 37.5 Å². The third-order valence-corrected chi connectivity index (χ3v) is 4.39. The smallest absolute Gasteiger partial charge is 0.396 e. The van der Waals surface area contributed by atoms with E-state index >= 15 is 0 Å². The summed E-state index contributed by atoms with van der Waals surface area (Å²) in [6.45, 7) is 0.841. The Morgan fingerprint density at radius 2 is 1.76 bits per heavy atom. The van der Waals surface area contributed by atoms with E-state index in [0.717, 1.165) is 31.7 Å². The van der Waals surface area contributed by atoms with Crippen LogP contribution < -0.4 is 5.32 Å². The first kappa shape index (κ1) is 16.3. The van der Waals surface area contributed by atoms with Crippen molar-refractivity contribution in [2.24, 2.45) is 5.41 Å². The summed E-state index contributed by atoms with van der Waals surface area (Å²) in [5.74, 6) is 0. The second-order valence-corrected chi connectivity index (χ2v) is 5.98. The Bertz CT molecular complexity index is 453. The fourth-order valence-corrected chi connectivity index (χ4v) is 3.11. The molecule has 0 radical (unpaired) electrons. The predicted octanol–water partition coefficient (Wildman–Crippen LogP) is 3.74. The fraction of sp³-hybridized carbons (Fsp3) is 0.625. The van der Waals surface area contributed by atoms with Crippen LogP contribution in [0.3, 0.4) is 0 Å². The van der Waals surface area contributed by atoms with E-state index in [4.69, 9.17) is 0 Å². The minimum atomic E-state index is -4.32. The highest BCUT2D eigenvalue weighted by atomic mass is 19.4. The van der Waals surface area contributed by atoms with Gasteiger partial charge in [-0.25, -0.2) is 0 Å². The van der Waals surface area contributed by atoms with E-state index in [9.17, 15) is 18.3 Å². The van der Waals surface area contributed by atoms with E-state index in [2.05, 4.69) is 5.32 Å². The van der Waals surface area contributed by atoms with Crippen LogP contribution in [-0.4, -0.2) is 18.3 Å². The topological polar surface area (TPSA) is 32.3 Å². The molecule has 0 bridgehead atoms. The predicted molar refractivity (Wildman–Crippen MR) is 75.8 cm³/mol. The van der Waals surface area contributed by atoms with Gasteiger partial charge in [-0.2, -0.15) is 13.2 Å². The molecule has 2 rings (SSSR count). The summed E-state index contributed by atoms with van der Waals surface area (Å²) >= 11 is 0. The molecule has 0 aliphatic heterocycles. The minimum Gasteiger partial charge on any atom is -0.396 e. The van der Waals surface area contributed by atoms with Crippen LogP contribution >= 0.6 is 0 Å². The molecule has 2 N–H and O–H groups in total. The van der Waals surface area contributed by atoms with Gasteiger partial charge < -0.3 is 10.4 Å². The van der Waals surface area contributed by atoms with Crippen LogP contribution in [0.2, 0.25) is 0 Å². The van der Waals surface area contributed by atoms with E-state index in [1.165, 1.54) is 18.6 Å². The Labute approximate surface area is 123 Å². The third-order valence-electron chi connectivity index (χ3n) is 4.39. The van der Waals surface area contributed by atoms with Crippen molar-refractivity contribution in [1.29, 1.82) is 0 Å². The lowest BCUT2D eigenvalue weighted by Crippen LogP contribution is -2.39. The van der Waals surface area contributed by atoms with E-state index in [1.807, 2.05) is 0 Å². The molecule has 2 nitrogen and oxygen atoms in total. The number of hydrogen-bond donors (Lipinski definition) is 2. The fourth-order valence-electron chi connectivity index (χ4n) is 3.11. The summed E-state index contributed by atoms with van der Waals surface area (Å²) in [4.78, 5) is 0. The lowest BCUT2D eigenvalue weighted by molar-refractivity contribution is -0.138. The van der Waals surface area contributed by atoms with Gasteiger partial charge in [0.05, 0.1) is 5.56 Å². The zero-order valence-electron chi connectivity index (χ0n) is 12.0. The molecule has 118 valence electrons. The van der Waals surface area contributed by atoms with E-state index in [-0.39, 0.29) is 24.1 Å². The summed E-state index contributed by atoms with van der Waals surface area (Å²) in [6, 6.07) is 5.64. The molecule has 1 aliphatic carbocycles. The summed E-state index contributed by atoms with van der Waals surface area (Å²) in [6.07, 6.45) is 0.911. The van der Waals surface area contributed by atoms with Gasteiger partial charge >= 0.3 is 6.18 Å². The molecule has 0 unspecified atom stereocenters. The molecule has 1 saturated carbocycles. The molecular formula is C16H22F3NO. The Balaban J connectivity index is 1.97. The Kier molecular flexibility index (Phi) is 5.27. The van der Waals surface area contributed by atoms with Crippen LogP contribution in [0.5, 0.6) is 0 Å². The van der Waals surface area contributed by atoms with Gasteiger partial charge in [0.2, 0.25) is 0 Å². The highest BCUT2D eigenvalue weighted by molar-refractivity contribution is 5.29. The molecule has 0 atom stereocenters. The molecule has 21 heavy (non-hydrogen) atoms. The van der Waals surface area contributed by atoms with Crippen LogP contribution in [0.1, 0.15) is 43.2 Å². The van der Waals surface area contributed by atoms with Crippen molar-refractivity contribution < 1.29 is 18.3 Å². The van der Waals surface area contributed by atoms with Gasteiger partial charge in [-0.05, 0) is 24.5 Å². The van der Waals surface area contributed by atoms with Crippen molar-refractivity contribution in [3.63, 3.8) is 0 Å². The second-order valence-electron chi connectivity index (χ2n) is 5.98. The highest BCUT2D eigenvalue weighted by Gasteiger charge is 2.34. The van der Waals surface area contributed by atoms with Crippen molar-refractivity contribution in [2.75, 3.05) is 13.2 Å². The number of nitrogens with one attached hydrogen (secondary N) is 1. The maximum atomic E-state index is 12.9. The quantitative estimate of drug-likeness (QED) is 0.868. The van der Waals surface area contributed by atoms with Crippen LogP contribution in [0.4, 0.5) is 13.2 Å². The second kappa shape index (κ2) is 6.79. The normalized spacial score (nSPS) is 18.7. The lowest BCUT2D eigenvalue weighted by atomic mass is 9.74. The number of benzene rings is 1. The van der Waals surface area contributed by atoms with E-state index < -0.39 is 11.7 Å². The highest BCUT2D eigenvalue weighted by Crippen LogP contribution is 2.35. The number of rotatable bonds is 5. The van der Waals surface area contributed by atoms with Crippen LogP contribution in [0.25, 0.3) is 0 Å². The molecule has 1 aromatic rings. The monoisotopic (exact) mass is 301 g/mol. The first-order valence-electron chi connectivity index (χ1n) is 7.44. The average molecular weight is 301 g/mol. The summed E-state index contributed by atoms with van der Waals surface area (Å²) < 4.78 is 38.7. The molecule has 1 aromatic carbocycles. The molecule has 0 spiro atoms. The van der Waals surface area contributed by atoms with Gasteiger partial charge in [0.1, 0.15) is 0 Å². The minimum absolute atomic E-state index is 0.0981. The summed E-state index contributed by atoms with van der Waals surface area (Å²) in [5.41, 5.74) is -0.487. The van der Waals surface area contributed by atoms with Crippen LogP contribution in [-0.2, 0) is 12.7 Å². The zero-order chi connectivity index (χ0) is 15.3. The van der Waals surface area contributed by atoms with E-state index in [0.29, 0.717) is 6.54 Å². The lowest BCUT2D eigenvalue weighted by Gasteiger charge is -2.36. The van der Waals surface area contributed by atoms with Crippen LogP contribution in [0, 0.1) is 5.41 Å². The average Bonchev–Trinajstić information content (AvgIpc) is 2.48. The number of aliphatic hydroxyl groups is 1. The third kappa shape index (κ3) is 4.20. The molecule has 1 aliphatic rings. The Morgan fingerprint density at radius 3 is 2.38 bits per heavy atom. The SMILES string of the molecule is OCC1(CNCc2ccccc2C(F)(F)F)CCCCC1. The standard InChI is InChI=1S/C16H22F3NO/c17-16(18,19)14-7-3-2-6-13(14)10-20-11-15(12-21)8-4-1-5-9-15/h2-3,6-7,20-21H,1,4-5,8-12H2. The molecule has 1 fully saturated rings. The maximum absolute atomic E-state index is 12.9. The molecule has 0 aromatic heterocycles. The summed E-state index contributed by atoms with van der Waals surface area (Å²) in [5, 5.41) is 12.7. The zero-order valence-corrected chi connectivity index (χ0v) is 12.0. The molecular weight excluding hydrogens is 279 g/mol. The molecule has 0 saturated heterocycles. The number of halogens is 3. The number of aliphatic hydroxyl groups excluding tert-OH is 1. The van der Waals surface area contributed by atoms with Crippen molar-refractivity contribution in [1.82, 2.24) is 5.32 Å². The Hall–Kier alpha value is -1.07. The van der Waals surface area contributed by atoms with Gasteiger partial charge in [0.15, 0.2) is 0 Å². The van der Waals surface area contributed by atoms with Crippen LogP contribution in [0.15, 0.2) is 24.3 Å². The van der Waals surface area contributed by atoms with Crippen molar-refractivity contribution in [3.8, 4) is 0 Å². The van der Waals surface area contributed by atoms with Gasteiger partial charge in [-0.3, -0.25) is 0 Å². The molecule has 0 amide bonds. The maximum Gasteiger partial charge on any atom is 0.416 e. The molecule has 0 heterocycles. The van der Waals surface area contributed by atoms with E-state index in [1.54, 1.807) is 6.07 Å². The number of alkyl halides is 3. The molecule has 5 heteroatoms. The van der Waals surface area contributed by atoms with Gasteiger partial charge in [0, 0.05) is 25.1 Å². The van der Waals surface area contributed by atoms with Gasteiger partial charge in [0.25, 0.3) is 0 Å². The van der Waals surface area contributed by atoms with Crippen molar-refractivity contribution in [3.05, 3.63) is 35.4 Å². The van der Waals surface area contributed by atoms with Crippen molar-refractivity contribution in [2.45, 2.75) is 44.8 Å². The largest absolute Gasteiger partial charge is 0.416 e. The first-order valence-corrected chi connectivity index (χ1v) is 7.44. The first-order chi connectivity index (χ1) is 9.97.